The van der Waals surface area contributed by atoms with E-state index in [4.69, 9.17) is 32.7 Å². The van der Waals surface area contributed by atoms with Crippen molar-refractivity contribution in [2.75, 3.05) is 7.11 Å². The Hall–Kier alpha value is -0.900. The Morgan fingerprint density at radius 1 is 1.20 bits per heavy atom. The van der Waals surface area contributed by atoms with Gasteiger partial charge in [0.05, 0.1) is 13.0 Å². The van der Waals surface area contributed by atoms with Crippen LogP contribution in [-0.2, 0) is 12.5 Å². The van der Waals surface area contributed by atoms with E-state index in [-0.39, 0.29) is 0 Å². The minimum absolute atomic E-state index is 0.310. The fourth-order valence-electron chi connectivity index (χ4n) is 1.82. The third-order valence-corrected chi connectivity index (χ3v) is 3.73. The fraction of sp³-hybridized carbons (Fsp3) is 0.200. The molecule has 0 radical (unpaired) electrons. The van der Waals surface area contributed by atoms with E-state index in [1.165, 1.54) is 0 Å². The van der Waals surface area contributed by atoms with Crippen molar-refractivity contribution in [1.82, 2.24) is 0 Å². The average molecular weight is 376 g/mol. The Morgan fingerprint density at radius 2 is 2.00 bits per heavy atom. The second-order valence-electron chi connectivity index (χ2n) is 4.15. The van der Waals surface area contributed by atoms with Crippen molar-refractivity contribution in [2.45, 2.75) is 12.5 Å². The molecule has 0 spiro atoms. The predicted molar refractivity (Wildman–Crippen MR) is 86.0 cm³/mol. The normalized spacial score (nSPS) is 10.4. The molecule has 0 unspecified atom stereocenters. The van der Waals surface area contributed by atoms with E-state index in [2.05, 4.69) is 15.9 Å². The molecule has 0 aliphatic heterocycles. The lowest BCUT2D eigenvalue weighted by molar-refractivity contribution is 0.282. The van der Waals surface area contributed by atoms with Gasteiger partial charge >= 0.3 is 0 Å². The van der Waals surface area contributed by atoms with Crippen LogP contribution in [0.3, 0.4) is 0 Å². The zero-order valence-corrected chi connectivity index (χ0v) is 13.9. The van der Waals surface area contributed by atoms with Gasteiger partial charge in [-0.2, -0.15) is 0 Å². The molecule has 2 aromatic carbocycles. The van der Waals surface area contributed by atoms with Crippen LogP contribution < -0.4 is 9.47 Å². The first kappa shape index (κ1) is 15.5. The summed E-state index contributed by atoms with van der Waals surface area (Å²) < 4.78 is 12.2. The Labute approximate surface area is 136 Å². The minimum Gasteiger partial charge on any atom is -0.493 e. The Balaban J connectivity index is 2.24. The summed E-state index contributed by atoms with van der Waals surface area (Å²) in [4.78, 5) is 0. The minimum atomic E-state index is 0.310. The van der Waals surface area contributed by atoms with Crippen LogP contribution in [0.4, 0.5) is 0 Å². The van der Waals surface area contributed by atoms with E-state index in [1.54, 1.807) is 19.2 Å². The molecule has 0 atom stereocenters. The van der Waals surface area contributed by atoms with Crippen LogP contribution in [0.2, 0.25) is 5.02 Å². The lowest BCUT2D eigenvalue weighted by Gasteiger charge is -2.14. The van der Waals surface area contributed by atoms with Crippen LogP contribution in [0.15, 0.2) is 40.9 Å². The van der Waals surface area contributed by atoms with Crippen molar-refractivity contribution >= 4 is 39.1 Å². The summed E-state index contributed by atoms with van der Waals surface area (Å²) in [5.41, 5.74) is 1.86. The molecule has 106 valence electrons. The highest BCUT2D eigenvalue weighted by Crippen LogP contribution is 2.36. The maximum atomic E-state index is 6.02. The zero-order valence-electron chi connectivity index (χ0n) is 10.8. The number of benzene rings is 2. The number of ether oxygens (including phenoxy) is 2. The maximum Gasteiger partial charge on any atom is 0.166 e. The summed E-state index contributed by atoms with van der Waals surface area (Å²) in [6, 6.07) is 11.4. The third-order valence-electron chi connectivity index (χ3n) is 2.73. The first-order valence-electron chi connectivity index (χ1n) is 5.93. The van der Waals surface area contributed by atoms with Gasteiger partial charge in [-0.15, -0.1) is 11.6 Å². The maximum absolute atomic E-state index is 6.02. The Bertz CT molecular complexity index is 577. The van der Waals surface area contributed by atoms with Gasteiger partial charge in [0.15, 0.2) is 11.5 Å². The number of halogens is 3. The van der Waals surface area contributed by atoms with Crippen LogP contribution >= 0.6 is 39.1 Å². The summed E-state index contributed by atoms with van der Waals surface area (Å²) in [5, 5.41) is 0.576. The van der Waals surface area contributed by atoms with Gasteiger partial charge in [-0.05, 0) is 23.8 Å². The lowest BCUT2D eigenvalue weighted by Crippen LogP contribution is -2.00. The van der Waals surface area contributed by atoms with Gasteiger partial charge in [0, 0.05) is 21.1 Å². The summed E-state index contributed by atoms with van der Waals surface area (Å²) in [6.07, 6.45) is 0. The highest BCUT2D eigenvalue weighted by Gasteiger charge is 2.12. The van der Waals surface area contributed by atoms with Gasteiger partial charge in [0.25, 0.3) is 0 Å². The second kappa shape index (κ2) is 7.21. The molecular formula is C15H13BrCl2O2. The molecule has 0 N–H and O–H groups in total. The standard InChI is InChI=1S/C15H13BrCl2O2/c1-19-14-7-13(18)6-11(8-17)15(14)20-9-10-3-2-4-12(16)5-10/h2-7H,8-9H2,1H3. The van der Waals surface area contributed by atoms with Crippen LogP contribution in [0.5, 0.6) is 11.5 Å². The van der Waals surface area contributed by atoms with Gasteiger partial charge in [0.1, 0.15) is 6.61 Å². The SMILES string of the molecule is COc1cc(Cl)cc(CCl)c1OCc1cccc(Br)c1. The molecule has 5 heteroatoms. The van der Waals surface area contributed by atoms with E-state index >= 15 is 0 Å². The smallest absolute Gasteiger partial charge is 0.166 e. The number of hydrogen-bond donors (Lipinski definition) is 0. The largest absolute Gasteiger partial charge is 0.493 e. The molecule has 0 aromatic heterocycles. The topological polar surface area (TPSA) is 18.5 Å². The van der Waals surface area contributed by atoms with E-state index in [0.29, 0.717) is 29.0 Å². The number of alkyl halides is 1. The van der Waals surface area contributed by atoms with E-state index < -0.39 is 0 Å². The summed E-state index contributed by atoms with van der Waals surface area (Å²) >= 11 is 15.4. The molecule has 0 saturated heterocycles. The molecule has 2 rings (SSSR count). The van der Waals surface area contributed by atoms with Gasteiger partial charge in [-0.3, -0.25) is 0 Å². The molecule has 0 aliphatic rings. The zero-order chi connectivity index (χ0) is 14.5. The molecule has 0 amide bonds. The van der Waals surface area contributed by atoms with Gasteiger partial charge < -0.3 is 9.47 Å². The van der Waals surface area contributed by atoms with E-state index in [9.17, 15) is 0 Å². The molecule has 0 bridgehead atoms. The highest BCUT2D eigenvalue weighted by atomic mass is 79.9. The lowest BCUT2D eigenvalue weighted by atomic mass is 10.2. The van der Waals surface area contributed by atoms with Crippen LogP contribution in [0.25, 0.3) is 0 Å². The van der Waals surface area contributed by atoms with Crippen molar-refractivity contribution < 1.29 is 9.47 Å². The molecule has 20 heavy (non-hydrogen) atoms. The predicted octanol–water partition coefficient (Wildman–Crippen LogP) is 5.43. The number of methoxy groups -OCH3 is 1. The molecule has 0 aliphatic carbocycles. The summed E-state index contributed by atoms with van der Waals surface area (Å²) in [7, 11) is 1.58. The van der Waals surface area contributed by atoms with Gasteiger partial charge in [-0.1, -0.05) is 39.7 Å². The number of hydrogen-bond acceptors (Lipinski definition) is 2. The average Bonchev–Trinajstić information content (AvgIpc) is 2.45. The summed E-state index contributed by atoms with van der Waals surface area (Å²) in [6.45, 7) is 0.432. The van der Waals surface area contributed by atoms with Crippen LogP contribution in [0.1, 0.15) is 11.1 Å². The second-order valence-corrected chi connectivity index (χ2v) is 5.77. The Kier molecular flexibility index (Phi) is 5.58. The molecule has 2 aromatic rings. The fourth-order valence-corrected chi connectivity index (χ4v) is 2.70. The van der Waals surface area contributed by atoms with E-state index in [1.807, 2.05) is 24.3 Å². The molecule has 0 heterocycles. The summed E-state index contributed by atoms with van der Waals surface area (Å²) in [5.74, 6) is 1.53. The van der Waals surface area contributed by atoms with Gasteiger partial charge in [0.2, 0.25) is 0 Å². The van der Waals surface area contributed by atoms with Crippen LogP contribution in [0, 0.1) is 0 Å². The van der Waals surface area contributed by atoms with Crippen molar-refractivity contribution in [3.05, 3.63) is 57.0 Å². The van der Waals surface area contributed by atoms with Crippen molar-refractivity contribution in [3.63, 3.8) is 0 Å². The highest BCUT2D eigenvalue weighted by molar-refractivity contribution is 9.10. The molecule has 0 saturated carbocycles. The van der Waals surface area contributed by atoms with Crippen molar-refractivity contribution in [1.29, 1.82) is 0 Å². The molecule has 0 fully saturated rings. The van der Waals surface area contributed by atoms with Gasteiger partial charge in [-0.25, -0.2) is 0 Å². The number of rotatable bonds is 5. The first-order valence-corrected chi connectivity index (χ1v) is 7.64. The molecular weight excluding hydrogens is 363 g/mol. The van der Waals surface area contributed by atoms with E-state index in [0.717, 1.165) is 15.6 Å². The first-order chi connectivity index (χ1) is 9.63. The third kappa shape index (κ3) is 3.81. The Morgan fingerprint density at radius 3 is 2.65 bits per heavy atom. The van der Waals surface area contributed by atoms with Crippen LogP contribution in [-0.4, -0.2) is 7.11 Å². The quantitative estimate of drug-likeness (QED) is 0.648. The van der Waals surface area contributed by atoms with Crippen molar-refractivity contribution in [3.8, 4) is 11.5 Å². The monoisotopic (exact) mass is 374 g/mol. The molecule has 2 nitrogen and oxygen atoms in total. The van der Waals surface area contributed by atoms with Crippen molar-refractivity contribution in [2.24, 2.45) is 0 Å².